The Balaban J connectivity index is 0.00000172. The van der Waals surface area contributed by atoms with Gasteiger partial charge in [-0.05, 0) is 63.3 Å². The molecule has 5 rings (SSSR count). The minimum absolute atomic E-state index is 0.233. The Kier molecular flexibility index (Phi) is 8.94. The first-order chi connectivity index (χ1) is 18.5. The molecular weight excluding hydrogens is 549 g/mol. The summed E-state index contributed by atoms with van der Waals surface area (Å²) in [4.78, 5) is 5.05. The number of fused-ring (bicyclic) bond motifs is 6. The summed E-state index contributed by atoms with van der Waals surface area (Å²) in [5, 5.41) is 3.59. The van der Waals surface area contributed by atoms with Gasteiger partial charge in [0.25, 0.3) is 0 Å². The molecule has 0 aliphatic rings. The number of aromatic nitrogens is 2. The molecule has 0 atom stereocenters. The van der Waals surface area contributed by atoms with Crippen LogP contribution in [0.1, 0.15) is 102 Å². The van der Waals surface area contributed by atoms with E-state index >= 15 is 0 Å². The van der Waals surface area contributed by atoms with E-state index < -0.39 is 0 Å². The Labute approximate surface area is 248 Å². The van der Waals surface area contributed by atoms with Crippen molar-refractivity contribution in [2.75, 3.05) is 0 Å². The van der Waals surface area contributed by atoms with E-state index in [2.05, 4.69) is 121 Å². The molecule has 0 fully saturated rings. The van der Waals surface area contributed by atoms with Crippen LogP contribution in [0.3, 0.4) is 0 Å². The van der Waals surface area contributed by atoms with Gasteiger partial charge < -0.3 is 4.40 Å². The van der Waals surface area contributed by atoms with Gasteiger partial charge in [-0.3, -0.25) is 4.98 Å². The number of benzene rings is 3. The Hall–Kier alpha value is -2.22. The van der Waals surface area contributed by atoms with Gasteiger partial charge in [0.1, 0.15) is 0 Å². The molecule has 0 unspecified atom stereocenters. The first-order valence-corrected chi connectivity index (χ1v) is 18.0. The van der Waals surface area contributed by atoms with Gasteiger partial charge in [-0.15, -0.1) is 29.7 Å². The normalized spacial score (nSPS) is 12.3. The zero-order valence-corrected chi connectivity index (χ0v) is 28.8. The van der Waals surface area contributed by atoms with Crippen LogP contribution < -0.4 is 0 Å². The van der Waals surface area contributed by atoms with Gasteiger partial charge in [0.05, 0.1) is 11.3 Å². The molecule has 0 bridgehead atoms. The molecule has 0 saturated carbocycles. The van der Waals surface area contributed by atoms with Crippen molar-refractivity contribution in [1.29, 1.82) is 0 Å². The molecule has 200 valence electrons. The van der Waals surface area contributed by atoms with E-state index in [4.69, 9.17) is 14.7 Å². The average Bonchev–Trinajstić information content (AvgIpc) is 3.33. The van der Waals surface area contributed by atoms with E-state index in [0.717, 1.165) is 34.8 Å². The van der Waals surface area contributed by atoms with E-state index in [9.17, 15) is 0 Å². The van der Waals surface area contributed by atoms with Crippen molar-refractivity contribution >= 4 is 37.0 Å². The molecule has 0 spiro atoms. The van der Waals surface area contributed by atoms with Crippen molar-refractivity contribution in [3.05, 3.63) is 83.0 Å². The van der Waals surface area contributed by atoms with Crippen LogP contribution in [0.25, 0.3) is 38.6 Å². The Bertz CT molecular complexity index is 1590. The van der Waals surface area contributed by atoms with Crippen molar-refractivity contribution in [3.8, 4) is 11.3 Å². The van der Waals surface area contributed by atoms with Crippen LogP contribution in [0.15, 0.2) is 54.7 Å². The van der Waals surface area contributed by atoms with Crippen LogP contribution in [-0.2, 0) is 23.7 Å². The second kappa shape index (κ2) is 11.7. The molecule has 0 aliphatic carbocycles. The second-order valence-corrected chi connectivity index (χ2v) is 12.9. The number of pyridine rings is 1. The summed E-state index contributed by atoms with van der Waals surface area (Å²) >= 11 is 0.847. The zero-order valence-electron chi connectivity index (χ0n) is 25.1. The molecule has 3 aromatic carbocycles. The number of rotatable bonds is 5. The number of halogens is 1. The fourth-order valence-corrected chi connectivity index (χ4v) is 5.76. The molecule has 2 nitrogen and oxygen atoms in total. The van der Waals surface area contributed by atoms with E-state index in [-0.39, 0.29) is 5.41 Å². The number of nitrogens with zero attached hydrogens (tertiary/aromatic N) is 2. The Morgan fingerprint density at radius 3 is 2.08 bits per heavy atom. The summed E-state index contributed by atoms with van der Waals surface area (Å²) in [7, 11) is 4.76. The molecule has 0 amide bonds. The third-order valence-corrected chi connectivity index (χ3v) is 7.56. The maximum absolute atomic E-state index is 5.05. The van der Waals surface area contributed by atoms with Crippen molar-refractivity contribution in [2.24, 2.45) is 5.41 Å². The van der Waals surface area contributed by atoms with E-state index in [1.165, 1.54) is 49.8 Å². The average molecular weight is 591 g/mol. The van der Waals surface area contributed by atoms with Crippen LogP contribution in [-0.4, -0.2) is 9.38 Å². The predicted molar refractivity (Wildman–Crippen MR) is 166 cm³/mol. The summed E-state index contributed by atoms with van der Waals surface area (Å²) in [5.74, 6) is 1.31. The summed E-state index contributed by atoms with van der Waals surface area (Å²) in [6.07, 6.45) is 3.14. The standard InChI is InChI=1S/C35H41N2.ClH.Zn/c1-21(2)25-17-28(22(3)4)33(29(18-25)23(5)6)32-20-36-34-27-13-11-10-12-26(27)30-16-24(19-35(7,8)9)14-15-31(30)37(32)34;;/h10-12,14-18,20-23H,19H2,1-9H3;1H;/q-1;;+2/p-1. The van der Waals surface area contributed by atoms with Gasteiger partial charge in [-0.2, -0.15) is 0 Å². The van der Waals surface area contributed by atoms with Crippen LogP contribution >= 0.6 is 9.69 Å². The second-order valence-electron chi connectivity index (χ2n) is 12.9. The van der Waals surface area contributed by atoms with Gasteiger partial charge in [0.15, 0.2) is 0 Å². The third-order valence-electron chi connectivity index (χ3n) is 7.56. The summed E-state index contributed by atoms with van der Waals surface area (Å²) in [5.41, 5.74) is 10.6. The SMILES string of the molecule is CC(C)c1cc(C(C)C)c(-c2cnc3c4[c-]cccc4c4cc(CC(C)(C)C)ccc4n23)c(C(C)C)c1.[Cl][Zn+]. The zero-order chi connectivity index (χ0) is 28.6. The molecule has 2 heterocycles. The van der Waals surface area contributed by atoms with Crippen LogP contribution in [0.5, 0.6) is 0 Å². The molecule has 0 N–H and O–H groups in total. The number of hydrogen-bond donors (Lipinski definition) is 0. The minimum atomic E-state index is 0.233. The first kappa shape index (κ1) is 29.8. The van der Waals surface area contributed by atoms with Gasteiger partial charge in [0, 0.05) is 17.3 Å². The quantitative estimate of drug-likeness (QED) is 0.113. The van der Waals surface area contributed by atoms with Crippen LogP contribution in [0.4, 0.5) is 0 Å². The summed E-state index contributed by atoms with van der Waals surface area (Å²) in [6, 6.07) is 21.8. The molecule has 0 saturated heterocycles. The van der Waals surface area contributed by atoms with E-state index in [1.807, 2.05) is 6.07 Å². The number of hydrogen-bond acceptors (Lipinski definition) is 1. The Morgan fingerprint density at radius 1 is 0.872 bits per heavy atom. The molecule has 2 aromatic heterocycles. The first-order valence-electron chi connectivity index (χ1n) is 14.1. The molecule has 39 heavy (non-hydrogen) atoms. The molecule has 0 radical (unpaired) electrons. The van der Waals surface area contributed by atoms with E-state index in [1.54, 1.807) is 0 Å². The van der Waals surface area contributed by atoms with Gasteiger partial charge in [0.2, 0.25) is 0 Å². The van der Waals surface area contributed by atoms with Crippen molar-refractivity contribution in [1.82, 2.24) is 9.38 Å². The van der Waals surface area contributed by atoms with Gasteiger partial charge in [-0.25, -0.2) is 0 Å². The summed E-state index contributed by atoms with van der Waals surface area (Å²) < 4.78 is 2.40. The van der Waals surface area contributed by atoms with E-state index in [0.29, 0.717) is 17.8 Å². The molecule has 5 aromatic rings. The topological polar surface area (TPSA) is 17.3 Å². The van der Waals surface area contributed by atoms with Crippen LogP contribution in [0.2, 0.25) is 0 Å². The third kappa shape index (κ3) is 5.82. The summed E-state index contributed by atoms with van der Waals surface area (Å²) in [6.45, 7) is 20.8. The van der Waals surface area contributed by atoms with Gasteiger partial charge >= 0.3 is 27.0 Å². The number of imidazole rings is 1. The maximum atomic E-state index is 5.05. The fraction of sp³-hybridized carbons (Fsp3) is 0.400. The Morgan fingerprint density at radius 2 is 1.51 bits per heavy atom. The molecule has 4 heteroatoms. The predicted octanol–water partition coefficient (Wildman–Crippen LogP) is 10.8. The van der Waals surface area contributed by atoms with Gasteiger partial charge in [-0.1, -0.05) is 92.0 Å². The van der Waals surface area contributed by atoms with Crippen molar-refractivity contribution < 1.29 is 17.3 Å². The molecule has 0 aliphatic heterocycles. The van der Waals surface area contributed by atoms with Crippen molar-refractivity contribution in [3.63, 3.8) is 0 Å². The van der Waals surface area contributed by atoms with Crippen LogP contribution in [0, 0.1) is 11.5 Å². The molecular formula is C35H41ClN2Zn. The monoisotopic (exact) mass is 588 g/mol. The fourth-order valence-electron chi connectivity index (χ4n) is 5.76. The van der Waals surface area contributed by atoms with Crippen molar-refractivity contribution in [2.45, 2.75) is 86.5 Å².